The van der Waals surface area contributed by atoms with E-state index in [2.05, 4.69) is 4.98 Å². The number of alkyl halides is 3. The van der Waals surface area contributed by atoms with Gasteiger partial charge in [-0.2, -0.15) is 13.2 Å². The van der Waals surface area contributed by atoms with Crippen LogP contribution in [0.15, 0.2) is 18.3 Å². The number of rotatable bonds is 3. The predicted octanol–water partition coefficient (Wildman–Crippen LogP) is 1.22. The highest BCUT2D eigenvalue weighted by molar-refractivity contribution is 5.50. The number of nitrogens with two attached hydrogens (primary N) is 1. The Hall–Kier alpha value is -1.34. The molecule has 0 atom stereocenters. The summed E-state index contributed by atoms with van der Waals surface area (Å²) in [4.78, 5) is 7.66. The summed E-state index contributed by atoms with van der Waals surface area (Å²) in [5.41, 5.74) is 7.33. The smallest absolute Gasteiger partial charge is 0.367 e. The van der Waals surface area contributed by atoms with Gasteiger partial charge in [-0.1, -0.05) is 0 Å². The minimum Gasteiger partial charge on any atom is -0.367 e. The molecule has 4 nitrogen and oxygen atoms in total. The molecule has 1 aromatic heterocycles. The molecule has 106 valence electrons. The SMILES string of the molecule is NCc1ncccc1N1CCN(CC(F)(F)F)CC1. The first kappa shape index (κ1) is 14.1. The first-order chi connectivity index (χ1) is 8.99. The summed E-state index contributed by atoms with van der Waals surface area (Å²) < 4.78 is 36.9. The van der Waals surface area contributed by atoms with Gasteiger partial charge >= 0.3 is 6.18 Å². The molecule has 0 unspecified atom stereocenters. The molecule has 0 aliphatic carbocycles. The maximum Gasteiger partial charge on any atom is 0.401 e. The highest BCUT2D eigenvalue weighted by Crippen LogP contribution is 2.22. The summed E-state index contributed by atoms with van der Waals surface area (Å²) in [7, 11) is 0. The van der Waals surface area contributed by atoms with E-state index in [4.69, 9.17) is 5.73 Å². The van der Waals surface area contributed by atoms with Gasteiger partial charge in [-0.15, -0.1) is 0 Å². The second-order valence-electron chi connectivity index (χ2n) is 4.55. The van der Waals surface area contributed by atoms with Gasteiger partial charge in [0.25, 0.3) is 0 Å². The number of halogens is 3. The summed E-state index contributed by atoms with van der Waals surface area (Å²) in [5, 5.41) is 0. The van der Waals surface area contributed by atoms with E-state index in [1.54, 1.807) is 6.20 Å². The molecule has 1 fully saturated rings. The van der Waals surface area contributed by atoms with Crippen LogP contribution >= 0.6 is 0 Å². The van der Waals surface area contributed by atoms with Crippen LogP contribution in [0.1, 0.15) is 5.69 Å². The second-order valence-corrected chi connectivity index (χ2v) is 4.55. The maximum atomic E-state index is 12.3. The molecule has 0 saturated carbocycles. The summed E-state index contributed by atoms with van der Waals surface area (Å²) in [6, 6.07) is 3.73. The fraction of sp³-hybridized carbons (Fsp3) is 0.583. The van der Waals surface area contributed by atoms with Crippen molar-refractivity contribution in [1.29, 1.82) is 0 Å². The number of pyridine rings is 1. The van der Waals surface area contributed by atoms with Crippen molar-refractivity contribution in [2.75, 3.05) is 37.6 Å². The molecular weight excluding hydrogens is 257 g/mol. The van der Waals surface area contributed by atoms with Gasteiger partial charge in [-0.05, 0) is 12.1 Å². The van der Waals surface area contributed by atoms with Crippen molar-refractivity contribution in [2.45, 2.75) is 12.7 Å². The van der Waals surface area contributed by atoms with Gasteiger partial charge in [0.05, 0.1) is 17.9 Å². The molecule has 0 radical (unpaired) electrons. The molecule has 2 rings (SSSR count). The third-order valence-electron chi connectivity index (χ3n) is 3.18. The summed E-state index contributed by atoms with van der Waals surface area (Å²) in [5.74, 6) is 0. The Bertz CT molecular complexity index is 414. The number of piperazine rings is 1. The molecule has 1 aliphatic rings. The lowest BCUT2D eigenvalue weighted by Crippen LogP contribution is -2.49. The second kappa shape index (κ2) is 5.75. The van der Waals surface area contributed by atoms with Crippen LogP contribution < -0.4 is 10.6 Å². The third-order valence-corrected chi connectivity index (χ3v) is 3.18. The van der Waals surface area contributed by atoms with Crippen LogP contribution in [0, 0.1) is 0 Å². The van der Waals surface area contributed by atoms with E-state index < -0.39 is 12.7 Å². The minimum atomic E-state index is -4.13. The van der Waals surface area contributed by atoms with Crippen molar-refractivity contribution in [3.05, 3.63) is 24.0 Å². The van der Waals surface area contributed by atoms with Crippen molar-refractivity contribution in [3.63, 3.8) is 0 Å². The van der Waals surface area contributed by atoms with Crippen molar-refractivity contribution in [2.24, 2.45) is 5.73 Å². The topological polar surface area (TPSA) is 45.4 Å². The average Bonchev–Trinajstić information content (AvgIpc) is 2.38. The van der Waals surface area contributed by atoms with Crippen LogP contribution in [0.25, 0.3) is 0 Å². The molecule has 0 amide bonds. The van der Waals surface area contributed by atoms with Gasteiger partial charge in [0, 0.05) is 38.9 Å². The van der Waals surface area contributed by atoms with Crippen molar-refractivity contribution in [1.82, 2.24) is 9.88 Å². The summed E-state index contributed by atoms with van der Waals surface area (Å²) in [6.07, 6.45) is -2.45. The van der Waals surface area contributed by atoms with E-state index >= 15 is 0 Å². The Labute approximate surface area is 110 Å². The van der Waals surface area contributed by atoms with Crippen LogP contribution in [-0.2, 0) is 6.54 Å². The van der Waals surface area contributed by atoms with Gasteiger partial charge in [-0.25, -0.2) is 0 Å². The Morgan fingerprint density at radius 2 is 1.89 bits per heavy atom. The molecule has 1 aliphatic heterocycles. The fourth-order valence-corrected chi connectivity index (χ4v) is 2.28. The Morgan fingerprint density at radius 3 is 2.47 bits per heavy atom. The zero-order chi connectivity index (χ0) is 13.9. The van der Waals surface area contributed by atoms with Crippen LogP contribution in [-0.4, -0.2) is 48.8 Å². The highest BCUT2D eigenvalue weighted by Gasteiger charge is 2.32. The van der Waals surface area contributed by atoms with Crippen LogP contribution in [0.3, 0.4) is 0 Å². The van der Waals surface area contributed by atoms with Gasteiger partial charge in [0.1, 0.15) is 0 Å². The summed E-state index contributed by atoms with van der Waals surface area (Å²) >= 11 is 0. The molecule has 2 heterocycles. The van der Waals surface area contributed by atoms with Crippen molar-refractivity contribution >= 4 is 5.69 Å². The zero-order valence-corrected chi connectivity index (χ0v) is 10.5. The van der Waals surface area contributed by atoms with E-state index in [0.29, 0.717) is 32.7 Å². The number of hydrogen-bond donors (Lipinski definition) is 1. The lowest BCUT2D eigenvalue weighted by molar-refractivity contribution is -0.146. The molecule has 0 aromatic carbocycles. The number of anilines is 1. The molecule has 19 heavy (non-hydrogen) atoms. The molecule has 7 heteroatoms. The normalized spacial score (nSPS) is 17.8. The van der Waals surface area contributed by atoms with Crippen LogP contribution in [0.5, 0.6) is 0 Å². The minimum absolute atomic E-state index is 0.332. The maximum absolute atomic E-state index is 12.3. The van der Waals surface area contributed by atoms with Gasteiger partial charge in [-0.3, -0.25) is 9.88 Å². The van der Waals surface area contributed by atoms with Crippen LogP contribution in [0.2, 0.25) is 0 Å². The fourth-order valence-electron chi connectivity index (χ4n) is 2.28. The van der Waals surface area contributed by atoms with E-state index in [-0.39, 0.29) is 0 Å². The van der Waals surface area contributed by atoms with E-state index in [0.717, 1.165) is 11.4 Å². The average molecular weight is 274 g/mol. The molecular formula is C12H17F3N4. The number of hydrogen-bond acceptors (Lipinski definition) is 4. The molecule has 2 N–H and O–H groups in total. The quantitative estimate of drug-likeness (QED) is 0.900. The monoisotopic (exact) mass is 274 g/mol. The summed E-state index contributed by atoms with van der Waals surface area (Å²) in [6.45, 7) is 1.43. The van der Waals surface area contributed by atoms with E-state index in [1.165, 1.54) is 4.90 Å². The van der Waals surface area contributed by atoms with Gasteiger partial charge < -0.3 is 10.6 Å². The Balaban J connectivity index is 1.96. The van der Waals surface area contributed by atoms with Crippen LogP contribution in [0.4, 0.5) is 18.9 Å². The Morgan fingerprint density at radius 1 is 1.21 bits per heavy atom. The standard InChI is InChI=1S/C12H17F3N4/c13-12(14,15)9-18-4-6-19(7-5-18)11-2-1-3-17-10(11)8-16/h1-3H,4-9,16H2. The van der Waals surface area contributed by atoms with Crippen molar-refractivity contribution in [3.8, 4) is 0 Å². The molecule has 1 aromatic rings. The van der Waals surface area contributed by atoms with Gasteiger partial charge in [0.2, 0.25) is 0 Å². The van der Waals surface area contributed by atoms with E-state index in [9.17, 15) is 13.2 Å². The molecule has 0 bridgehead atoms. The first-order valence-corrected chi connectivity index (χ1v) is 6.17. The lowest BCUT2D eigenvalue weighted by Gasteiger charge is -2.36. The van der Waals surface area contributed by atoms with E-state index in [1.807, 2.05) is 17.0 Å². The van der Waals surface area contributed by atoms with Gasteiger partial charge in [0.15, 0.2) is 0 Å². The predicted molar refractivity (Wildman–Crippen MR) is 66.8 cm³/mol. The number of aromatic nitrogens is 1. The third kappa shape index (κ3) is 3.81. The lowest BCUT2D eigenvalue weighted by atomic mass is 10.2. The number of nitrogens with zero attached hydrogens (tertiary/aromatic N) is 3. The highest BCUT2D eigenvalue weighted by atomic mass is 19.4. The zero-order valence-electron chi connectivity index (χ0n) is 10.5. The Kier molecular flexibility index (Phi) is 4.26. The first-order valence-electron chi connectivity index (χ1n) is 6.17. The molecule has 1 saturated heterocycles. The molecule has 0 spiro atoms. The van der Waals surface area contributed by atoms with Crippen molar-refractivity contribution < 1.29 is 13.2 Å². The largest absolute Gasteiger partial charge is 0.401 e.